The van der Waals surface area contributed by atoms with Crippen LogP contribution in [0.25, 0.3) is 16.8 Å². The summed E-state index contributed by atoms with van der Waals surface area (Å²) in [4.78, 5) is 15.0. The van der Waals surface area contributed by atoms with Gasteiger partial charge in [-0.1, -0.05) is 30.3 Å². The molecule has 35 heavy (non-hydrogen) atoms. The van der Waals surface area contributed by atoms with E-state index >= 15 is 0 Å². The predicted octanol–water partition coefficient (Wildman–Crippen LogP) is 5.26. The molecular formula is C25H22F3IN6. The number of imidazole rings is 1. The molecule has 0 radical (unpaired) electrons. The Labute approximate surface area is 213 Å². The van der Waals surface area contributed by atoms with E-state index < -0.39 is 11.9 Å². The molecular weight excluding hydrogens is 568 g/mol. The number of anilines is 1. The van der Waals surface area contributed by atoms with Crippen molar-refractivity contribution in [2.45, 2.75) is 31.5 Å². The van der Waals surface area contributed by atoms with E-state index in [0.29, 0.717) is 20.9 Å². The van der Waals surface area contributed by atoms with Crippen LogP contribution < -0.4 is 10.6 Å². The van der Waals surface area contributed by atoms with Gasteiger partial charge < -0.3 is 10.6 Å². The quantitative estimate of drug-likeness (QED) is 0.255. The molecule has 1 unspecified atom stereocenters. The van der Waals surface area contributed by atoms with E-state index in [0.717, 1.165) is 38.5 Å². The Bertz CT molecular complexity index is 1420. The fraction of sp³-hybridized carbons (Fsp3) is 0.320. The highest BCUT2D eigenvalue weighted by molar-refractivity contribution is 14.1. The number of fused-ring (bicyclic) bond motifs is 2. The minimum Gasteiger partial charge on any atom is -0.342 e. The minimum absolute atomic E-state index is 0.0101. The maximum absolute atomic E-state index is 13.7. The van der Waals surface area contributed by atoms with Gasteiger partial charge in [-0.2, -0.15) is 13.2 Å². The zero-order valence-corrected chi connectivity index (χ0v) is 20.8. The topological polar surface area (TPSA) is 72.3 Å². The van der Waals surface area contributed by atoms with Gasteiger partial charge in [-0.15, -0.1) is 0 Å². The van der Waals surface area contributed by atoms with Crippen molar-refractivity contribution < 1.29 is 13.2 Å². The van der Waals surface area contributed by atoms with Crippen LogP contribution in [-0.4, -0.2) is 32.4 Å². The van der Waals surface area contributed by atoms with Crippen LogP contribution >= 0.6 is 22.6 Å². The molecule has 1 aliphatic heterocycles. The van der Waals surface area contributed by atoms with E-state index in [1.807, 2.05) is 28.7 Å². The van der Waals surface area contributed by atoms with Gasteiger partial charge >= 0.3 is 6.18 Å². The van der Waals surface area contributed by atoms with Crippen LogP contribution in [0.2, 0.25) is 0 Å². The standard InChI is InChI=1S/C25H22F3IN6/c26-25(27,28)20-17(6-3-9-31-20)18-21(29)33-23(35-13-10-32-22(18)35)34-11-7-24(8-12-34)14-15-4-1-2-5-16(15)19(24)30/h1-6,9-10,13,19H,7-8,11-12,14,30H2. The summed E-state index contributed by atoms with van der Waals surface area (Å²) in [5.74, 6) is 0.682. The Morgan fingerprint density at radius 3 is 2.54 bits per heavy atom. The van der Waals surface area contributed by atoms with Gasteiger partial charge in [0, 0.05) is 43.3 Å². The maximum Gasteiger partial charge on any atom is 0.433 e. The normalized spacial score (nSPS) is 19.5. The van der Waals surface area contributed by atoms with E-state index in [-0.39, 0.29) is 17.0 Å². The van der Waals surface area contributed by atoms with Crippen LogP contribution in [0.15, 0.2) is 55.0 Å². The fourth-order valence-electron chi connectivity index (χ4n) is 5.68. The zero-order chi connectivity index (χ0) is 24.4. The molecule has 0 amide bonds. The third kappa shape index (κ3) is 3.60. The second kappa shape index (κ2) is 8.16. The molecule has 3 aromatic heterocycles. The van der Waals surface area contributed by atoms with Gasteiger partial charge in [0.05, 0.1) is 5.56 Å². The average molecular weight is 590 g/mol. The van der Waals surface area contributed by atoms with Crippen molar-refractivity contribution >= 4 is 34.2 Å². The smallest absolute Gasteiger partial charge is 0.342 e. The molecule has 1 atom stereocenters. The number of piperidine rings is 1. The summed E-state index contributed by atoms with van der Waals surface area (Å²) >= 11 is 2.01. The molecule has 1 aliphatic carbocycles. The monoisotopic (exact) mass is 590 g/mol. The first kappa shape index (κ1) is 22.7. The summed E-state index contributed by atoms with van der Waals surface area (Å²) in [5, 5.41) is 0. The molecule has 0 bridgehead atoms. The third-order valence-electron chi connectivity index (χ3n) is 7.46. The molecule has 6 nitrogen and oxygen atoms in total. The van der Waals surface area contributed by atoms with E-state index in [2.05, 4.69) is 33.1 Å². The highest BCUT2D eigenvalue weighted by atomic mass is 127. The third-order valence-corrected chi connectivity index (χ3v) is 8.24. The lowest BCUT2D eigenvalue weighted by Gasteiger charge is -2.42. The van der Waals surface area contributed by atoms with Gasteiger partial charge in [0.1, 0.15) is 9.35 Å². The Kier molecular flexibility index (Phi) is 5.29. The highest BCUT2D eigenvalue weighted by Crippen LogP contribution is 2.51. The Morgan fingerprint density at radius 2 is 1.80 bits per heavy atom. The number of benzene rings is 1. The lowest BCUT2D eigenvalue weighted by atomic mass is 9.73. The van der Waals surface area contributed by atoms with Crippen LogP contribution in [-0.2, 0) is 12.6 Å². The van der Waals surface area contributed by atoms with Crippen LogP contribution in [0.1, 0.15) is 35.7 Å². The second-order valence-corrected chi connectivity index (χ2v) is 10.3. The summed E-state index contributed by atoms with van der Waals surface area (Å²) in [6, 6.07) is 11.3. The Hall–Kier alpha value is -2.73. The number of nitrogens with zero attached hydrogens (tertiary/aromatic N) is 5. The maximum atomic E-state index is 13.7. The first-order chi connectivity index (χ1) is 16.8. The molecule has 1 spiro atoms. The van der Waals surface area contributed by atoms with Gasteiger partial charge in [0.25, 0.3) is 0 Å². The number of halogens is 4. The zero-order valence-electron chi connectivity index (χ0n) is 18.6. The molecule has 2 N–H and O–H groups in total. The van der Waals surface area contributed by atoms with Crippen LogP contribution in [0, 0.1) is 9.12 Å². The highest BCUT2D eigenvalue weighted by Gasteiger charge is 2.46. The summed E-state index contributed by atoms with van der Waals surface area (Å²) in [5.41, 5.74) is 9.13. The number of hydrogen-bond donors (Lipinski definition) is 1. The molecule has 180 valence electrons. The van der Waals surface area contributed by atoms with E-state index in [1.54, 1.807) is 16.8 Å². The first-order valence-electron chi connectivity index (χ1n) is 11.4. The molecule has 10 heteroatoms. The number of aromatic nitrogens is 4. The van der Waals surface area contributed by atoms with Crippen molar-refractivity contribution in [3.8, 4) is 11.1 Å². The van der Waals surface area contributed by atoms with E-state index in [1.165, 1.54) is 23.3 Å². The van der Waals surface area contributed by atoms with Crippen LogP contribution in [0.4, 0.5) is 19.1 Å². The lowest BCUT2D eigenvalue weighted by molar-refractivity contribution is -0.140. The fourth-order valence-corrected chi connectivity index (χ4v) is 6.43. The van der Waals surface area contributed by atoms with E-state index in [9.17, 15) is 13.2 Å². The lowest BCUT2D eigenvalue weighted by Crippen LogP contribution is -2.45. The van der Waals surface area contributed by atoms with Gasteiger partial charge in [-0.3, -0.25) is 9.38 Å². The molecule has 2 aliphatic rings. The summed E-state index contributed by atoms with van der Waals surface area (Å²) in [6.07, 6.45) is 2.73. The van der Waals surface area contributed by atoms with Crippen molar-refractivity contribution in [2.24, 2.45) is 11.1 Å². The molecule has 4 heterocycles. The van der Waals surface area contributed by atoms with Crippen molar-refractivity contribution in [1.29, 1.82) is 0 Å². The number of nitrogens with two attached hydrogens (primary N) is 1. The van der Waals surface area contributed by atoms with Gasteiger partial charge in [0.15, 0.2) is 5.69 Å². The van der Waals surface area contributed by atoms with E-state index in [4.69, 9.17) is 10.7 Å². The minimum atomic E-state index is -4.58. The molecule has 6 rings (SSSR count). The Morgan fingerprint density at radius 1 is 1.03 bits per heavy atom. The van der Waals surface area contributed by atoms with Crippen LogP contribution in [0.5, 0.6) is 0 Å². The molecule has 1 fully saturated rings. The number of hydrogen-bond acceptors (Lipinski definition) is 5. The average Bonchev–Trinajstić information content (AvgIpc) is 3.42. The van der Waals surface area contributed by atoms with Gasteiger partial charge in [0.2, 0.25) is 5.95 Å². The van der Waals surface area contributed by atoms with Crippen LogP contribution in [0.3, 0.4) is 0 Å². The van der Waals surface area contributed by atoms with Gasteiger partial charge in [-0.25, -0.2) is 9.97 Å². The largest absolute Gasteiger partial charge is 0.433 e. The van der Waals surface area contributed by atoms with Crippen molar-refractivity contribution in [2.75, 3.05) is 18.0 Å². The van der Waals surface area contributed by atoms with Crippen molar-refractivity contribution in [3.63, 3.8) is 0 Å². The van der Waals surface area contributed by atoms with Crippen molar-refractivity contribution in [3.05, 3.63) is 75.5 Å². The summed E-state index contributed by atoms with van der Waals surface area (Å²) in [6.45, 7) is 1.52. The van der Waals surface area contributed by atoms with Crippen molar-refractivity contribution in [1.82, 2.24) is 19.4 Å². The predicted molar refractivity (Wildman–Crippen MR) is 135 cm³/mol. The second-order valence-electron chi connectivity index (χ2n) is 9.30. The molecule has 1 saturated heterocycles. The first-order valence-corrected chi connectivity index (χ1v) is 12.5. The van der Waals surface area contributed by atoms with Gasteiger partial charge in [-0.05, 0) is 64.5 Å². The molecule has 1 aromatic carbocycles. The number of rotatable bonds is 2. The SMILES string of the molecule is NC1c2ccccc2CC12CCN(c1nc(I)c(-c3cccnc3C(F)(F)F)c3nccn13)CC2. The number of pyridine rings is 1. The Balaban J connectivity index is 1.35. The molecule has 0 saturated carbocycles. The number of alkyl halides is 3. The summed E-state index contributed by atoms with van der Waals surface area (Å²) in [7, 11) is 0. The summed E-state index contributed by atoms with van der Waals surface area (Å²) < 4.78 is 43.4. The molecule has 4 aromatic rings.